The molecule has 1 rings (SSSR count). The summed E-state index contributed by atoms with van der Waals surface area (Å²) in [6, 6.07) is 8.93. The lowest BCUT2D eigenvalue weighted by atomic mass is 10.0. The van der Waals surface area contributed by atoms with Gasteiger partial charge in [0.25, 0.3) is 0 Å². The number of aliphatic hydroxyl groups excluding tert-OH is 1. The van der Waals surface area contributed by atoms with Gasteiger partial charge in [0.15, 0.2) is 0 Å². The lowest BCUT2D eigenvalue weighted by Gasteiger charge is -2.07. The first-order valence-corrected chi connectivity index (χ1v) is 6.61. The van der Waals surface area contributed by atoms with Gasteiger partial charge < -0.3 is 10.4 Å². The Hall–Kier alpha value is -0.860. The summed E-state index contributed by atoms with van der Waals surface area (Å²) in [7, 11) is 0. The number of hydrogen-bond donors (Lipinski definition) is 2. The largest absolute Gasteiger partial charge is 0.396 e. The molecule has 17 heavy (non-hydrogen) atoms. The fourth-order valence-corrected chi connectivity index (χ4v) is 1.88. The molecular formula is C15H25NO. The van der Waals surface area contributed by atoms with Crippen LogP contribution >= 0.6 is 0 Å². The summed E-state index contributed by atoms with van der Waals surface area (Å²) < 4.78 is 0. The minimum absolute atomic E-state index is 0.275. The highest BCUT2D eigenvalue weighted by atomic mass is 16.3. The predicted molar refractivity (Wildman–Crippen MR) is 73.3 cm³/mol. The van der Waals surface area contributed by atoms with Crippen molar-refractivity contribution in [1.82, 2.24) is 5.32 Å². The number of nitrogens with one attached hydrogen (secondary N) is 1. The number of benzene rings is 1. The van der Waals surface area contributed by atoms with Crippen LogP contribution in [0.1, 0.15) is 31.4 Å². The van der Waals surface area contributed by atoms with Gasteiger partial charge in [-0.05, 0) is 49.4 Å². The first-order chi connectivity index (χ1) is 8.22. The standard InChI is InChI=1S/C15H25NO/c1-13(2)12-15-6-4-14(5-7-15)8-10-16-9-3-11-17/h4-7,13,16-17H,3,8-12H2,1-2H3. The molecule has 0 saturated carbocycles. The normalized spacial score (nSPS) is 11.1. The zero-order chi connectivity index (χ0) is 12.5. The summed E-state index contributed by atoms with van der Waals surface area (Å²) in [6.45, 7) is 6.67. The highest BCUT2D eigenvalue weighted by Gasteiger charge is 1.98. The minimum Gasteiger partial charge on any atom is -0.396 e. The van der Waals surface area contributed by atoms with Crippen molar-refractivity contribution in [3.63, 3.8) is 0 Å². The van der Waals surface area contributed by atoms with Crippen LogP contribution in [0.15, 0.2) is 24.3 Å². The molecule has 2 heteroatoms. The van der Waals surface area contributed by atoms with Gasteiger partial charge in [0.1, 0.15) is 0 Å². The Morgan fingerprint density at radius 3 is 2.29 bits per heavy atom. The quantitative estimate of drug-likeness (QED) is 0.678. The van der Waals surface area contributed by atoms with Crippen LogP contribution in [0, 0.1) is 5.92 Å². The van der Waals surface area contributed by atoms with E-state index in [1.54, 1.807) is 0 Å². The van der Waals surface area contributed by atoms with Crippen molar-refractivity contribution in [2.75, 3.05) is 19.7 Å². The van der Waals surface area contributed by atoms with Crippen LogP contribution in [0.25, 0.3) is 0 Å². The van der Waals surface area contributed by atoms with Gasteiger partial charge in [-0.15, -0.1) is 0 Å². The zero-order valence-corrected chi connectivity index (χ0v) is 11.1. The molecule has 1 aromatic carbocycles. The van der Waals surface area contributed by atoms with Gasteiger partial charge >= 0.3 is 0 Å². The molecule has 0 fully saturated rings. The van der Waals surface area contributed by atoms with Crippen molar-refractivity contribution in [2.24, 2.45) is 5.92 Å². The van der Waals surface area contributed by atoms with E-state index in [1.807, 2.05) is 0 Å². The maximum Gasteiger partial charge on any atom is 0.0443 e. The van der Waals surface area contributed by atoms with E-state index in [0.29, 0.717) is 0 Å². The number of hydrogen-bond acceptors (Lipinski definition) is 2. The maximum absolute atomic E-state index is 8.65. The first kappa shape index (κ1) is 14.2. The van der Waals surface area contributed by atoms with E-state index < -0.39 is 0 Å². The highest BCUT2D eigenvalue weighted by molar-refractivity contribution is 5.23. The van der Waals surface area contributed by atoms with Crippen molar-refractivity contribution in [3.05, 3.63) is 35.4 Å². The highest BCUT2D eigenvalue weighted by Crippen LogP contribution is 2.09. The molecule has 0 aliphatic rings. The second-order valence-corrected chi connectivity index (χ2v) is 4.99. The van der Waals surface area contributed by atoms with E-state index in [1.165, 1.54) is 11.1 Å². The average molecular weight is 235 g/mol. The summed E-state index contributed by atoms with van der Waals surface area (Å²) in [4.78, 5) is 0. The molecule has 1 aromatic rings. The van der Waals surface area contributed by atoms with Gasteiger partial charge in [-0.1, -0.05) is 38.1 Å². The molecule has 2 N–H and O–H groups in total. The van der Waals surface area contributed by atoms with E-state index in [0.717, 1.165) is 38.3 Å². The van der Waals surface area contributed by atoms with Gasteiger partial charge in [0, 0.05) is 6.61 Å². The SMILES string of the molecule is CC(C)Cc1ccc(CCNCCCO)cc1. The van der Waals surface area contributed by atoms with E-state index >= 15 is 0 Å². The zero-order valence-electron chi connectivity index (χ0n) is 11.1. The lowest BCUT2D eigenvalue weighted by molar-refractivity contribution is 0.286. The van der Waals surface area contributed by atoms with Crippen molar-refractivity contribution >= 4 is 0 Å². The summed E-state index contributed by atoms with van der Waals surface area (Å²) in [5.74, 6) is 0.723. The van der Waals surface area contributed by atoms with Crippen molar-refractivity contribution in [2.45, 2.75) is 33.1 Å². The third-order valence-electron chi connectivity index (χ3n) is 2.77. The van der Waals surface area contributed by atoms with Crippen LogP contribution in [0.3, 0.4) is 0 Å². The smallest absolute Gasteiger partial charge is 0.0443 e. The Bertz CT molecular complexity index is 292. The number of rotatable bonds is 8. The minimum atomic E-state index is 0.275. The predicted octanol–water partition coefficient (Wildman–Crippen LogP) is 2.40. The molecule has 0 aliphatic heterocycles. The van der Waals surface area contributed by atoms with E-state index in [-0.39, 0.29) is 6.61 Å². The molecule has 0 saturated heterocycles. The molecule has 2 nitrogen and oxygen atoms in total. The molecule has 96 valence electrons. The van der Waals surface area contributed by atoms with Crippen LogP contribution in [0.4, 0.5) is 0 Å². The first-order valence-electron chi connectivity index (χ1n) is 6.61. The third kappa shape index (κ3) is 6.44. The molecular weight excluding hydrogens is 210 g/mol. The molecule has 0 spiro atoms. The topological polar surface area (TPSA) is 32.3 Å². The summed E-state index contributed by atoms with van der Waals surface area (Å²) in [5.41, 5.74) is 2.81. The van der Waals surface area contributed by atoms with E-state index in [2.05, 4.69) is 43.4 Å². The fourth-order valence-electron chi connectivity index (χ4n) is 1.88. The molecule has 0 aliphatic carbocycles. The molecule has 0 amide bonds. The Balaban J connectivity index is 2.25. The van der Waals surface area contributed by atoms with Crippen molar-refractivity contribution in [3.8, 4) is 0 Å². The maximum atomic E-state index is 8.65. The van der Waals surface area contributed by atoms with Gasteiger partial charge in [0.05, 0.1) is 0 Å². The van der Waals surface area contributed by atoms with Crippen LogP contribution in [0.5, 0.6) is 0 Å². The van der Waals surface area contributed by atoms with Crippen molar-refractivity contribution < 1.29 is 5.11 Å². The third-order valence-corrected chi connectivity index (χ3v) is 2.77. The second kappa shape index (κ2) is 8.26. The van der Waals surface area contributed by atoms with E-state index in [9.17, 15) is 0 Å². The van der Waals surface area contributed by atoms with Crippen molar-refractivity contribution in [1.29, 1.82) is 0 Å². The molecule has 0 heterocycles. The Labute approximate surface area is 105 Å². The van der Waals surface area contributed by atoms with Gasteiger partial charge in [-0.3, -0.25) is 0 Å². The summed E-state index contributed by atoms with van der Waals surface area (Å²) >= 11 is 0. The van der Waals surface area contributed by atoms with E-state index in [4.69, 9.17) is 5.11 Å². The van der Waals surface area contributed by atoms with Gasteiger partial charge in [-0.25, -0.2) is 0 Å². The van der Waals surface area contributed by atoms with Gasteiger partial charge in [-0.2, -0.15) is 0 Å². The summed E-state index contributed by atoms with van der Waals surface area (Å²) in [6.07, 6.45) is 3.07. The molecule has 0 radical (unpaired) electrons. The fraction of sp³-hybridized carbons (Fsp3) is 0.600. The average Bonchev–Trinajstić information content (AvgIpc) is 2.30. The Morgan fingerprint density at radius 1 is 1.06 bits per heavy atom. The molecule has 0 bridgehead atoms. The molecule has 0 unspecified atom stereocenters. The monoisotopic (exact) mass is 235 g/mol. The number of aliphatic hydroxyl groups is 1. The Kier molecular flexibility index (Phi) is 6.90. The molecule has 0 aromatic heterocycles. The van der Waals surface area contributed by atoms with Crippen LogP contribution in [-0.2, 0) is 12.8 Å². The lowest BCUT2D eigenvalue weighted by Crippen LogP contribution is -2.19. The van der Waals surface area contributed by atoms with Crippen LogP contribution < -0.4 is 5.32 Å². The Morgan fingerprint density at radius 2 is 1.71 bits per heavy atom. The summed E-state index contributed by atoms with van der Waals surface area (Å²) in [5, 5.41) is 12.0. The molecule has 0 atom stereocenters. The second-order valence-electron chi connectivity index (χ2n) is 4.99. The van der Waals surface area contributed by atoms with Crippen LogP contribution in [0.2, 0.25) is 0 Å². The van der Waals surface area contributed by atoms with Crippen LogP contribution in [-0.4, -0.2) is 24.8 Å². The van der Waals surface area contributed by atoms with Gasteiger partial charge in [0.2, 0.25) is 0 Å².